The van der Waals surface area contributed by atoms with Gasteiger partial charge in [-0.05, 0) is 30.9 Å². The van der Waals surface area contributed by atoms with Crippen molar-refractivity contribution in [2.45, 2.75) is 38.9 Å². The van der Waals surface area contributed by atoms with Crippen LogP contribution in [0.1, 0.15) is 43.9 Å². The molecule has 1 atom stereocenters. The van der Waals surface area contributed by atoms with Crippen LogP contribution in [0.3, 0.4) is 0 Å². The zero-order chi connectivity index (χ0) is 13.9. The van der Waals surface area contributed by atoms with Gasteiger partial charge in [0.2, 0.25) is 0 Å². The van der Waals surface area contributed by atoms with Gasteiger partial charge in [-0.2, -0.15) is 13.2 Å². The van der Waals surface area contributed by atoms with Gasteiger partial charge in [0.25, 0.3) is 0 Å². The van der Waals surface area contributed by atoms with Crippen molar-refractivity contribution in [3.05, 3.63) is 35.1 Å². The number of halogens is 5. The molecule has 1 aromatic rings. The lowest BCUT2D eigenvalue weighted by Crippen LogP contribution is -2.14. The number of benzene rings is 1. The van der Waals surface area contributed by atoms with Crippen molar-refractivity contribution >= 4 is 12.4 Å². The average molecular weight is 300 g/mol. The number of hydrogen-bond donors (Lipinski definition) is 1. The van der Waals surface area contributed by atoms with Crippen LogP contribution in [0.2, 0.25) is 0 Å². The third-order valence-electron chi connectivity index (χ3n) is 2.78. The molecule has 19 heavy (non-hydrogen) atoms. The van der Waals surface area contributed by atoms with Gasteiger partial charge in [0.05, 0.1) is 5.56 Å². The van der Waals surface area contributed by atoms with Crippen molar-refractivity contribution in [2.24, 2.45) is 11.7 Å². The van der Waals surface area contributed by atoms with Crippen LogP contribution >= 0.6 is 12.4 Å². The fourth-order valence-electron chi connectivity index (χ4n) is 1.67. The van der Waals surface area contributed by atoms with Crippen LogP contribution in [-0.4, -0.2) is 0 Å². The maximum Gasteiger partial charge on any atom is 0.416 e. The summed E-state index contributed by atoms with van der Waals surface area (Å²) in [6, 6.07) is 1.94. The molecule has 0 fully saturated rings. The van der Waals surface area contributed by atoms with Crippen molar-refractivity contribution in [3.8, 4) is 0 Å². The molecule has 0 aliphatic rings. The molecule has 110 valence electrons. The average Bonchev–Trinajstić information content (AvgIpc) is 2.24. The standard InChI is InChI=1S/C13H17F4N.ClH/c1-8(2)3-6-12(18)10-5-4-9(7-11(10)14)13(15,16)17;/h4-5,7-8,12H,3,6,18H2,1-2H3;1H/t12-;/m1./s1. The zero-order valence-electron chi connectivity index (χ0n) is 10.8. The minimum absolute atomic E-state index is 0. The van der Waals surface area contributed by atoms with Crippen LogP contribution < -0.4 is 5.73 Å². The maximum absolute atomic E-state index is 13.6. The van der Waals surface area contributed by atoms with E-state index in [0.717, 1.165) is 18.6 Å². The third kappa shape index (κ3) is 5.37. The van der Waals surface area contributed by atoms with Gasteiger partial charge in [-0.3, -0.25) is 0 Å². The Morgan fingerprint density at radius 2 is 1.74 bits per heavy atom. The highest BCUT2D eigenvalue weighted by atomic mass is 35.5. The molecule has 0 saturated carbocycles. The molecule has 1 rings (SSSR count). The topological polar surface area (TPSA) is 26.0 Å². The second-order valence-electron chi connectivity index (χ2n) is 4.81. The second kappa shape index (κ2) is 7.10. The lowest BCUT2D eigenvalue weighted by molar-refractivity contribution is -0.137. The molecule has 0 bridgehead atoms. The van der Waals surface area contributed by atoms with Crippen LogP contribution in [-0.2, 0) is 6.18 Å². The first-order chi connectivity index (χ1) is 8.21. The van der Waals surface area contributed by atoms with E-state index in [2.05, 4.69) is 0 Å². The first-order valence-corrected chi connectivity index (χ1v) is 5.84. The van der Waals surface area contributed by atoms with Gasteiger partial charge in [-0.15, -0.1) is 12.4 Å². The van der Waals surface area contributed by atoms with E-state index in [1.807, 2.05) is 13.8 Å². The van der Waals surface area contributed by atoms with Crippen LogP contribution in [0.5, 0.6) is 0 Å². The van der Waals surface area contributed by atoms with E-state index < -0.39 is 23.6 Å². The molecule has 0 aliphatic carbocycles. The third-order valence-corrected chi connectivity index (χ3v) is 2.78. The van der Waals surface area contributed by atoms with Gasteiger partial charge in [-0.1, -0.05) is 19.9 Å². The molecular weight excluding hydrogens is 282 g/mol. The van der Waals surface area contributed by atoms with Crippen molar-refractivity contribution in [1.82, 2.24) is 0 Å². The predicted octanol–water partition coefficient (Wildman–Crippen LogP) is 4.70. The SMILES string of the molecule is CC(C)CC[C@@H](N)c1ccc(C(F)(F)F)cc1F.Cl. The largest absolute Gasteiger partial charge is 0.416 e. The lowest BCUT2D eigenvalue weighted by atomic mass is 9.97. The molecule has 0 unspecified atom stereocenters. The minimum Gasteiger partial charge on any atom is -0.324 e. The van der Waals surface area contributed by atoms with Crippen LogP contribution in [0, 0.1) is 11.7 Å². The van der Waals surface area contributed by atoms with Crippen LogP contribution in [0.15, 0.2) is 18.2 Å². The summed E-state index contributed by atoms with van der Waals surface area (Å²) in [6.07, 6.45) is -3.16. The molecule has 1 aromatic carbocycles. The zero-order valence-corrected chi connectivity index (χ0v) is 11.6. The Hall–Kier alpha value is -0.810. The number of rotatable bonds is 4. The molecule has 0 saturated heterocycles. The van der Waals surface area contributed by atoms with E-state index in [9.17, 15) is 17.6 Å². The highest BCUT2D eigenvalue weighted by molar-refractivity contribution is 5.85. The maximum atomic E-state index is 13.6. The Bertz CT molecular complexity index is 404. The molecule has 0 spiro atoms. The lowest BCUT2D eigenvalue weighted by Gasteiger charge is -2.15. The number of alkyl halides is 3. The number of nitrogens with two attached hydrogens (primary N) is 1. The molecule has 0 aliphatic heterocycles. The summed E-state index contributed by atoms with van der Waals surface area (Å²) in [4.78, 5) is 0. The summed E-state index contributed by atoms with van der Waals surface area (Å²) >= 11 is 0. The van der Waals surface area contributed by atoms with Gasteiger partial charge in [0.15, 0.2) is 0 Å². The Labute approximate surface area is 116 Å². The highest BCUT2D eigenvalue weighted by Gasteiger charge is 2.31. The number of hydrogen-bond acceptors (Lipinski definition) is 1. The second-order valence-corrected chi connectivity index (χ2v) is 4.81. The Kier molecular flexibility index (Phi) is 6.80. The summed E-state index contributed by atoms with van der Waals surface area (Å²) in [5.41, 5.74) is 4.94. The van der Waals surface area contributed by atoms with E-state index in [1.165, 1.54) is 0 Å². The monoisotopic (exact) mass is 299 g/mol. The van der Waals surface area contributed by atoms with Gasteiger partial charge < -0.3 is 5.73 Å². The summed E-state index contributed by atoms with van der Waals surface area (Å²) < 4.78 is 50.6. The van der Waals surface area contributed by atoms with E-state index in [4.69, 9.17) is 5.73 Å². The quantitative estimate of drug-likeness (QED) is 0.801. The fraction of sp³-hybridized carbons (Fsp3) is 0.538. The highest BCUT2D eigenvalue weighted by Crippen LogP contribution is 2.31. The van der Waals surface area contributed by atoms with Crippen LogP contribution in [0.4, 0.5) is 17.6 Å². The van der Waals surface area contributed by atoms with E-state index in [0.29, 0.717) is 18.4 Å². The predicted molar refractivity (Wildman–Crippen MR) is 69.7 cm³/mol. The Morgan fingerprint density at radius 1 is 1.16 bits per heavy atom. The van der Waals surface area contributed by atoms with Crippen molar-refractivity contribution < 1.29 is 17.6 Å². The Balaban J connectivity index is 0.00000324. The summed E-state index contributed by atoms with van der Waals surface area (Å²) in [5, 5.41) is 0. The molecule has 0 radical (unpaired) electrons. The normalized spacial score (nSPS) is 13.3. The summed E-state index contributed by atoms with van der Waals surface area (Å²) in [5.74, 6) is -0.463. The molecule has 1 nitrogen and oxygen atoms in total. The van der Waals surface area contributed by atoms with Gasteiger partial charge >= 0.3 is 6.18 Å². The molecular formula is C13H18ClF4N. The first kappa shape index (κ1) is 18.2. The van der Waals surface area contributed by atoms with Gasteiger partial charge in [0.1, 0.15) is 5.82 Å². The Morgan fingerprint density at radius 3 is 2.16 bits per heavy atom. The van der Waals surface area contributed by atoms with E-state index >= 15 is 0 Å². The molecule has 0 heterocycles. The minimum atomic E-state index is -4.53. The molecule has 0 amide bonds. The van der Waals surface area contributed by atoms with Crippen LogP contribution in [0.25, 0.3) is 0 Å². The molecule has 2 N–H and O–H groups in total. The van der Waals surface area contributed by atoms with E-state index in [-0.39, 0.29) is 18.0 Å². The van der Waals surface area contributed by atoms with Crippen molar-refractivity contribution in [2.75, 3.05) is 0 Å². The molecule has 0 aromatic heterocycles. The van der Waals surface area contributed by atoms with Gasteiger partial charge in [-0.25, -0.2) is 4.39 Å². The first-order valence-electron chi connectivity index (χ1n) is 5.84. The molecule has 6 heteroatoms. The van der Waals surface area contributed by atoms with Crippen molar-refractivity contribution in [3.63, 3.8) is 0 Å². The van der Waals surface area contributed by atoms with Crippen molar-refractivity contribution in [1.29, 1.82) is 0 Å². The summed E-state index contributed by atoms with van der Waals surface area (Å²) in [6.45, 7) is 4.02. The fourth-order valence-corrected chi connectivity index (χ4v) is 1.67. The summed E-state index contributed by atoms with van der Waals surface area (Å²) in [7, 11) is 0. The van der Waals surface area contributed by atoms with Gasteiger partial charge in [0, 0.05) is 11.6 Å². The van der Waals surface area contributed by atoms with E-state index in [1.54, 1.807) is 0 Å². The smallest absolute Gasteiger partial charge is 0.324 e.